The van der Waals surface area contributed by atoms with E-state index in [9.17, 15) is 13.2 Å². The zero-order valence-corrected chi connectivity index (χ0v) is 12.4. The number of benzene rings is 1. The van der Waals surface area contributed by atoms with Crippen molar-refractivity contribution in [3.8, 4) is 11.8 Å². The summed E-state index contributed by atoms with van der Waals surface area (Å²) in [5, 5.41) is 11.3. The summed E-state index contributed by atoms with van der Waals surface area (Å²) in [4.78, 5) is 11.5. The Kier molecular flexibility index (Phi) is 4.63. The van der Waals surface area contributed by atoms with Gasteiger partial charge in [0.2, 0.25) is 15.9 Å². The number of nitrogens with one attached hydrogen (secondary N) is 1. The molecular weight excluding hydrogens is 292 g/mol. The van der Waals surface area contributed by atoms with Crippen LogP contribution in [0.1, 0.15) is 11.1 Å². The van der Waals surface area contributed by atoms with Crippen LogP contribution < -0.4 is 5.32 Å². The van der Waals surface area contributed by atoms with Crippen LogP contribution in [0.2, 0.25) is 0 Å². The van der Waals surface area contributed by atoms with Crippen molar-refractivity contribution in [3.63, 3.8) is 0 Å². The summed E-state index contributed by atoms with van der Waals surface area (Å²) in [6.07, 6.45) is 0. The maximum Gasteiger partial charge on any atom is 0.243 e. The van der Waals surface area contributed by atoms with E-state index in [-0.39, 0.29) is 30.5 Å². The van der Waals surface area contributed by atoms with E-state index in [1.54, 1.807) is 13.0 Å². The van der Waals surface area contributed by atoms with Crippen LogP contribution in [0.4, 0.5) is 0 Å². The molecule has 1 amide bonds. The summed E-state index contributed by atoms with van der Waals surface area (Å²) < 4.78 is 26.1. The monoisotopic (exact) mass is 308 g/mol. The number of sulfonamides is 1. The predicted molar refractivity (Wildman–Crippen MR) is 76.9 cm³/mol. The molecule has 1 aromatic carbocycles. The van der Waals surface area contributed by atoms with Crippen LogP contribution in [-0.2, 0) is 14.8 Å². The summed E-state index contributed by atoms with van der Waals surface area (Å²) in [7, 11) is -3.68. The van der Waals surface area contributed by atoms with Gasteiger partial charge in [-0.25, -0.2) is 8.42 Å². The topological polar surface area (TPSA) is 86.7 Å². The molecule has 1 fully saturated rings. The largest absolute Gasteiger partial charge is 0.384 e. The quantitative estimate of drug-likeness (QED) is 0.718. The van der Waals surface area contributed by atoms with E-state index in [2.05, 4.69) is 17.2 Å². The lowest BCUT2D eigenvalue weighted by molar-refractivity contribution is -0.122. The second-order valence-electron chi connectivity index (χ2n) is 4.63. The molecule has 1 aliphatic rings. The zero-order chi connectivity index (χ0) is 15.5. The highest BCUT2D eigenvalue weighted by Crippen LogP contribution is 2.19. The first-order valence-corrected chi connectivity index (χ1v) is 7.86. The van der Waals surface area contributed by atoms with E-state index in [1.165, 1.54) is 16.4 Å². The average Bonchev–Trinajstić information content (AvgIpc) is 2.46. The summed E-state index contributed by atoms with van der Waals surface area (Å²) in [5.41, 5.74) is 1.37. The molecule has 0 aliphatic carbocycles. The number of aliphatic hydroxyl groups is 1. The zero-order valence-electron chi connectivity index (χ0n) is 11.6. The molecule has 2 N–H and O–H groups in total. The van der Waals surface area contributed by atoms with Gasteiger partial charge < -0.3 is 10.4 Å². The van der Waals surface area contributed by atoms with Gasteiger partial charge in [-0.1, -0.05) is 11.8 Å². The van der Waals surface area contributed by atoms with Crippen molar-refractivity contribution in [3.05, 3.63) is 29.3 Å². The van der Waals surface area contributed by atoms with Crippen molar-refractivity contribution < 1.29 is 18.3 Å². The molecule has 0 atom stereocenters. The Morgan fingerprint density at radius 2 is 2.19 bits per heavy atom. The van der Waals surface area contributed by atoms with Gasteiger partial charge in [-0.2, -0.15) is 4.31 Å². The molecule has 0 unspecified atom stereocenters. The second-order valence-corrected chi connectivity index (χ2v) is 6.56. The lowest BCUT2D eigenvalue weighted by Gasteiger charge is -2.26. The molecule has 0 radical (unpaired) electrons. The molecule has 1 aromatic rings. The number of rotatable bonds is 2. The van der Waals surface area contributed by atoms with Gasteiger partial charge in [0.15, 0.2) is 0 Å². The van der Waals surface area contributed by atoms with Gasteiger partial charge in [0, 0.05) is 18.7 Å². The lowest BCUT2D eigenvalue weighted by atomic mass is 10.1. The van der Waals surface area contributed by atoms with Crippen LogP contribution in [0.5, 0.6) is 0 Å². The predicted octanol–water partition coefficient (Wildman–Crippen LogP) is -0.541. The maximum atomic E-state index is 12.5. The van der Waals surface area contributed by atoms with E-state index < -0.39 is 10.0 Å². The first kappa shape index (κ1) is 15.5. The Labute approximate surface area is 123 Å². The van der Waals surface area contributed by atoms with Gasteiger partial charge in [0.25, 0.3) is 0 Å². The first-order valence-electron chi connectivity index (χ1n) is 6.42. The number of carbonyl (C=O) groups is 1. The van der Waals surface area contributed by atoms with E-state index in [1.807, 2.05) is 0 Å². The molecule has 1 heterocycles. The number of carbonyl (C=O) groups excluding carboxylic acids is 1. The Balaban J connectivity index is 2.32. The normalized spacial score (nSPS) is 16.0. The smallest absolute Gasteiger partial charge is 0.243 e. The molecule has 21 heavy (non-hydrogen) atoms. The van der Waals surface area contributed by atoms with Crippen molar-refractivity contribution in [1.29, 1.82) is 0 Å². The summed E-state index contributed by atoms with van der Waals surface area (Å²) in [5.74, 6) is 4.98. The second kappa shape index (κ2) is 6.26. The number of amides is 1. The summed E-state index contributed by atoms with van der Waals surface area (Å²) >= 11 is 0. The molecule has 0 aromatic heterocycles. The summed E-state index contributed by atoms with van der Waals surface area (Å²) in [6.45, 7) is 1.93. The fraction of sp³-hybridized carbons (Fsp3) is 0.357. The van der Waals surface area contributed by atoms with Crippen molar-refractivity contribution >= 4 is 15.9 Å². The number of nitrogens with zero attached hydrogens (tertiary/aromatic N) is 1. The van der Waals surface area contributed by atoms with Crippen molar-refractivity contribution in [2.45, 2.75) is 11.8 Å². The van der Waals surface area contributed by atoms with Gasteiger partial charge in [-0.3, -0.25) is 4.79 Å². The third kappa shape index (κ3) is 3.42. The third-order valence-electron chi connectivity index (χ3n) is 3.14. The van der Waals surface area contributed by atoms with E-state index in [0.717, 1.165) is 0 Å². The van der Waals surface area contributed by atoms with Crippen LogP contribution in [0, 0.1) is 18.8 Å². The number of hydrogen-bond donors (Lipinski definition) is 2. The number of aliphatic hydroxyl groups excluding tert-OH is 1. The van der Waals surface area contributed by atoms with E-state index >= 15 is 0 Å². The van der Waals surface area contributed by atoms with Crippen LogP contribution in [0.15, 0.2) is 23.1 Å². The third-order valence-corrected chi connectivity index (χ3v) is 4.98. The van der Waals surface area contributed by atoms with E-state index in [4.69, 9.17) is 5.11 Å². The fourth-order valence-corrected chi connectivity index (χ4v) is 3.52. The van der Waals surface area contributed by atoms with Gasteiger partial charge in [0.05, 0.1) is 11.4 Å². The minimum atomic E-state index is -3.68. The molecule has 0 saturated carbocycles. The number of piperazine rings is 1. The molecule has 1 saturated heterocycles. The Morgan fingerprint density at radius 3 is 2.81 bits per heavy atom. The molecule has 7 heteroatoms. The van der Waals surface area contributed by atoms with Crippen LogP contribution in [0.25, 0.3) is 0 Å². The van der Waals surface area contributed by atoms with Gasteiger partial charge in [-0.05, 0) is 30.7 Å². The van der Waals surface area contributed by atoms with Crippen LogP contribution in [0.3, 0.4) is 0 Å². The number of hydrogen-bond acceptors (Lipinski definition) is 4. The SMILES string of the molecule is Cc1cc(S(=O)(=O)N2CCNC(=O)C2)ccc1C#CCO. The van der Waals surface area contributed by atoms with Crippen LogP contribution in [-0.4, -0.2) is 50.0 Å². The Bertz CT molecular complexity index is 716. The highest BCUT2D eigenvalue weighted by atomic mass is 32.2. The Hall–Kier alpha value is -1.88. The molecule has 112 valence electrons. The summed E-state index contributed by atoms with van der Waals surface area (Å²) in [6, 6.07) is 4.61. The minimum Gasteiger partial charge on any atom is -0.384 e. The minimum absolute atomic E-state index is 0.143. The lowest BCUT2D eigenvalue weighted by Crippen LogP contribution is -2.49. The Morgan fingerprint density at radius 1 is 1.43 bits per heavy atom. The van der Waals surface area contributed by atoms with Gasteiger partial charge >= 0.3 is 0 Å². The maximum absolute atomic E-state index is 12.5. The highest BCUT2D eigenvalue weighted by Gasteiger charge is 2.29. The highest BCUT2D eigenvalue weighted by molar-refractivity contribution is 7.89. The van der Waals surface area contributed by atoms with Crippen molar-refractivity contribution in [2.75, 3.05) is 26.2 Å². The van der Waals surface area contributed by atoms with Gasteiger partial charge in [-0.15, -0.1) is 0 Å². The molecule has 0 spiro atoms. The molecule has 2 rings (SSSR count). The fourth-order valence-electron chi connectivity index (χ4n) is 2.04. The standard InChI is InChI=1S/C14H16N2O4S/c1-11-9-13(5-4-12(11)3-2-8-17)21(19,20)16-7-6-15-14(18)10-16/h4-5,9,17H,6-8,10H2,1H3,(H,15,18). The van der Waals surface area contributed by atoms with Crippen molar-refractivity contribution in [1.82, 2.24) is 9.62 Å². The first-order chi connectivity index (χ1) is 9.95. The molecular formula is C14H16N2O4S. The van der Waals surface area contributed by atoms with E-state index in [0.29, 0.717) is 17.7 Å². The molecule has 0 bridgehead atoms. The van der Waals surface area contributed by atoms with Crippen molar-refractivity contribution in [2.24, 2.45) is 0 Å². The number of aryl methyl sites for hydroxylation is 1. The molecule has 1 aliphatic heterocycles. The molecule has 6 nitrogen and oxygen atoms in total. The van der Waals surface area contributed by atoms with Crippen LogP contribution >= 0.6 is 0 Å². The van der Waals surface area contributed by atoms with Gasteiger partial charge in [0.1, 0.15) is 6.61 Å². The average molecular weight is 308 g/mol.